The molecule has 0 saturated carbocycles. The molecule has 4 nitrogen and oxygen atoms in total. The molecule has 0 aromatic carbocycles. The molecule has 1 aromatic heterocycles. The molecule has 1 aromatic rings. The minimum Gasteiger partial charge on any atom is -0.391 e. The van der Waals surface area contributed by atoms with Gasteiger partial charge in [-0.05, 0) is 25.0 Å². The average Bonchev–Trinajstić information content (AvgIpc) is 2.03. The van der Waals surface area contributed by atoms with Crippen LogP contribution in [-0.4, -0.2) is 16.2 Å². The van der Waals surface area contributed by atoms with Gasteiger partial charge in [0, 0.05) is 12.3 Å². The van der Waals surface area contributed by atoms with Gasteiger partial charge in [-0.15, -0.1) is 0 Å². The fourth-order valence-electron chi connectivity index (χ4n) is 1.20. The van der Waals surface area contributed by atoms with Gasteiger partial charge in [-0.3, -0.25) is 4.79 Å². The first-order valence-corrected chi connectivity index (χ1v) is 4.15. The van der Waals surface area contributed by atoms with E-state index >= 15 is 0 Å². The predicted octanol–water partition coefficient (Wildman–Crippen LogP) is 0.0639. The zero-order valence-electron chi connectivity index (χ0n) is 7.74. The lowest BCUT2D eigenvalue weighted by Gasteiger charge is -2.16. The third-order valence-corrected chi connectivity index (χ3v) is 2.05. The van der Waals surface area contributed by atoms with Crippen LogP contribution in [0, 0.1) is 6.92 Å². The van der Waals surface area contributed by atoms with Crippen molar-refractivity contribution in [3.63, 3.8) is 0 Å². The SMILES string of the molecule is Cc1cc(=O)[nH]cc1[C@@H](N)[C@@H](C)O. The summed E-state index contributed by atoms with van der Waals surface area (Å²) in [6.45, 7) is 3.42. The van der Waals surface area contributed by atoms with Gasteiger partial charge < -0.3 is 15.8 Å². The van der Waals surface area contributed by atoms with Gasteiger partial charge in [-0.25, -0.2) is 0 Å². The molecule has 1 heterocycles. The monoisotopic (exact) mass is 182 g/mol. The largest absolute Gasteiger partial charge is 0.391 e. The van der Waals surface area contributed by atoms with Gasteiger partial charge in [0.25, 0.3) is 0 Å². The molecular weight excluding hydrogens is 168 g/mol. The lowest BCUT2D eigenvalue weighted by atomic mass is 10.0. The third-order valence-electron chi connectivity index (χ3n) is 2.05. The van der Waals surface area contributed by atoms with Crippen LogP contribution in [0.3, 0.4) is 0 Å². The summed E-state index contributed by atoms with van der Waals surface area (Å²) >= 11 is 0. The standard InChI is InChI=1S/C9H14N2O2/c1-5-3-8(13)11-4-7(5)9(10)6(2)12/h3-4,6,9,12H,10H2,1-2H3,(H,11,13)/t6-,9+/m1/s1. The molecule has 4 N–H and O–H groups in total. The highest BCUT2D eigenvalue weighted by molar-refractivity contribution is 5.25. The lowest BCUT2D eigenvalue weighted by molar-refractivity contribution is 0.164. The minimum absolute atomic E-state index is 0.154. The second-order valence-electron chi connectivity index (χ2n) is 3.20. The molecule has 1 rings (SSSR count). The zero-order chi connectivity index (χ0) is 10.0. The number of aliphatic hydroxyl groups is 1. The van der Waals surface area contributed by atoms with E-state index in [2.05, 4.69) is 4.98 Å². The fourth-order valence-corrected chi connectivity index (χ4v) is 1.20. The smallest absolute Gasteiger partial charge is 0.248 e. The molecule has 2 atom stereocenters. The molecule has 4 heteroatoms. The Labute approximate surface area is 76.4 Å². The third kappa shape index (κ3) is 2.17. The number of aliphatic hydroxyl groups excluding tert-OH is 1. The molecule has 13 heavy (non-hydrogen) atoms. The van der Waals surface area contributed by atoms with Crippen LogP contribution in [-0.2, 0) is 0 Å². The molecular formula is C9H14N2O2. The summed E-state index contributed by atoms with van der Waals surface area (Å²) in [5, 5.41) is 9.25. The maximum atomic E-state index is 10.9. The Bertz CT molecular complexity index is 344. The number of aryl methyl sites for hydroxylation is 1. The Morgan fingerprint density at radius 2 is 2.23 bits per heavy atom. The van der Waals surface area contributed by atoms with Gasteiger partial charge in [-0.2, -0.15) is 0 Å². The van der Waals surface area contributed by atoms with Gasteiger partial charge in [0.1, 0.15) is 0 Å². The van der Waals surface area contributed by atoms with E-state index in [-0.39, 0.29) is 5.56 Å². The van der Waals surface area contributed by atoms with E-state index in [1.165, 1.54) is 6.07 Å². The molecule has 0 fully saturated rings. The first-order chi connectivity index (χ1) is 6.02. The Balaban J connectivity index is 3.08. The molecule has 0 aliphatic heterocycles. The second-order valence-corrected chi connectivity index (χ2v) is 3.20. The molecule has 0 spiro atoms. The molecule has 0 unspecified atom stereocenters. The van der Waals surface area contributed by atoms with Crippen molar-refractivity contribution in [3.05, 3.63) is 33.7 Å². The highest BCUT2D eigenvalue weighted by Crippen LogP contribution is 2.15. The number of nitrogens with two attached hydrogens (primary N) is 1. The fraction of sp³-hybridized carbons (Fsp3) is 0.444. The average molecular weight is 182 g/mol. The van der Waals surface area contributed by atoms with E-state index in [9.17, 15) is 9.90 Å². The van der Waals surface area contributed by atoms with Gasteiger partial charge >= 0.3 is 0 Å². The number of rotatable bonds is 2. The summed E-state index contributed by atoms with van der Waals surface area (Å²) in [5.41, 5.74) is 7.14. The van der Waals surface area contributed by atoms with Gasteiger partial charge in [0.2, 0.25) is 5.56 Å². The summed E-state index contributed by atoms with van der Waals surface area (Å²) < 4.78 is 0. The van der Waals surface area contributed by atoms with Crippen LogP contribution in [0.5, 0.6) is 0 Å². The first kappa shape index (κ1) is 9.95. The molecule has 0 bridgehead atoms. The van der Waals surface area contributed by atoms with Gasteiger partial charge in [-0.1, -0.05) is 0 Å². The predicted molar refractivity (Wildman–Crippen MR) is 50.4 cm³/mol. The first-order valence-electron chi connectivity index (χ1n) is 4.15. The molecule has 0 amide bonds. The van der Waals surface area contributed by atoms with Crippen molar-refractivity contribution in [3.8, 4) is 0 Å². The van der Waals surface area contributed by atoms with Crippen LogP contribution in [0.25, 0.3) is 0 Å². The van der Waals surface area contributed by atoms with Crippen molar-refractivity contribution in [2.24, 2.45) is 5.73 Å². The normalized spacial score (nSPS) is 15.4. The number of aromatic nitrogens is 1. The van der Waals surface area contributed by atoms with Crippen molar-refractivity contribution in [1.82, 2.24) is 4.98 Å². The Kier molecular flexibility index (Phi) is 2.85. The summed E-state index contributed by atoms with van der Waals surface area (Å²) in [5.74, 6) is 0. The van der Waals surface area contributed by atoms with Crippen molar-refractivity contribution >= 4 is 0 Å². The maximum absolute atomic E-state index is 10.9. The number of nitrogens with one attached hydrogen (secondary N) is 1. The molecule has 0 aliphatic rings. The second kappa shape index (κ2) is 3.72. The lowest BCUT2D eigenvalue weighted by Crippen LogP contribution is -2.25. The van der Waals surface area contributed by atoms with Gasteiger partial charge in [0.15, 0.2) is 0 Å². The van der Waals surface area contributed by atoms with E-state index in [1.807, 2.05) is 0 Å². The van der Waals surface area contributed by atoms with Crippen LogP contribution in [0.4, 0.5) is 0 Å². The number of hydrogen-bond acceptors (Lipinski definition) is 3. The molecule has 72 valence electrons. The number of hydrogen-bond donors (Lipinski definition) is 3. The van der Waals surface area contributed by atoms with E-state index in [0.717, 1.165) is 11.1 Å². The summed E-state index contributed by atoms with van der Waals surface area (Å²) in [4.78, 5) is 13.4. The van der Waals surface area contributed by atoms with Gasteiger partial charge in [0.05, 0.1) is 12.1 Å². The van der Waals surface area contributed by atoms with Crippen LogP contribution in [0.1, 0.15) is 24.1 Å². The van der Waals surface area contributed by atoms with Crippen molar-refractivity contribution in [1.29, 1.82) is 0 Å². The highest BCUT2D eigenvalue weighted by atomic mass is 16.3. The van der Waals surface area contributed by atoms with Crippen LogP contribution >= 0.6 is 0 Å². The Morgan fingerprint density at radius 3 is 2.69 bits per heavy atom. The van der Waals surface area contributed by atoms with E-state index < -0.39 is 12.1 Å². The molecule has 0 aliphatic carbocycles. The van der Waals surface area contributed by atoms with Crippen LogP contribution in [0.2, 0.25) is 0 Å². The number of pyridine rings is 1. The van der Waals surface area contributed by atoms with Crippen molar-refractivity contribution in [2.45, 2.75) is 26.0 Å². The maximum Gasteiger partial charge on any atom is 0.248 e. The quantitative estimate of drug-likeness (QED) is 0.605. The number of aromatic amines is 1. The zero-order valence-corrected chi connectivity index (χ0v) is 7.74. The summed E-state index contributed by atoms with van der Waals surface area (Å²) in [6.07, 6.45) is 0.930. The highest BCUT2D eigenvalue weighted by Gasteiger charge is 2.14. The van der Waals surface area contributed by atoms with E-state index in [0.29, 0.717) is 0 Å². The van der Waals surface area contributed by atoms with Crippen LogP contribution < -0.4 is 11.3 Å². The molecule has 0 saturated heterocycles. The van der Waals surface area contributed by atoms with E-state index in [4.69, 9.17) is 5.73 Å². The summed E-state index contributed by atoms with van der Waals surface area (Å²) in [7, 11) is 0. The van der Waals surface area contributed by atoms with Crippen LogP contribution in [0.15, 0.2) is 17.1 Å². The number of H-pyrrole nitrogens is 1. The Hall–Kier alpha value is -1.13. The summed E-state index contributed by atoms with van der Waals surface area (Å²) in [6, 6.07) is 1.02. The topological polar surface area (TPSA) is 79.1 Å². The van der Waals surface area contributed by atoms with Crippen molar-refractivity contribution in [2.75, 3.05) is 0 Å². The molecule has 0 radical (unpaired) electrons. The van der Waals surface area contributed by atoms with E-state index in [1.54, 1.807) is 20.0 Å². The Morgan fingerprint density at radius 1 is 1.62 bits per heavy atom. The minimum atomic E-state index is -0.621. The van der Waals surface area contributed by atoms with Crippen molar-refractivity contribution < 1.29 is 5.11 Å².